The van der Waals surface area contributed by atoms with E-state index in [2.05, 4.69) is 21.2 Å². The highest BCUT2D eigenvalue weighted by atomic mass is 79.9. The normalized spacial score (nSPS) is 12.2. The molecular formula is C14H15BrN2O2S. The Balaban J connectivity index is 2.05. The molecule has 6 heteroatoms. The predicted molar refractivity (Wildman–Crippen MR) is 84.0 cm³/mol. The van der Waals surface area contributed by atoms with Crippen LogP contribution < -0.4 is 10.2 Å². The topological polar surface area (TPSA) is 51.1 Å². The highest BCUT2D eigenvalue weighted by molar-refractivity contribution is 9.10. The summed E-state index contributed by atoms with van der Waals surface area (Å²) in [5.74, 6) is -0.170. The summed E-state index contributed by atoms with van der Waals surface area (Å²) < 4.78 is 2.43. The average Bonchev–Trinajstić information content (AvgIpc) is 2.71. The second kappa shape index (κ2) is 6.37. The number of rotatable bonds is 4. The van der Waals surface area contributed by atoms with E-state index in [1.807, 2.05) is 38.1 Å². The Morgan fingerprint density at radius 1 is 1.45 bits per heavy atom. The molecule has 4 nitrogen and oxygen atoms in total. The van der Waals surface area contributed by atoms with E-state index in [0.717, 1.165) is 27.1 Å². The molecule has 2 aromatic rings. The van der Waals surface area contributed by atoms with E-state index in [1.54, 1.807) is 5.38 Å². The molecule has 0 bridgehead atoms. The zero-order valence-corrected chi connectivity index (χ0v) is 13.6. The number of nitrogens with zero attached hydrogens (tertiary/aromatic N) is 1. The summed E-state index contributed by atoms with van der Waals surface area (Å²) in [6.07, 6.45) is 0. The summed E-state index contributed by atoms with van der Waals surface area (Å²) in [5.41, 5.74) is 1.82. The van der Waals surface area contributed by atoms with Crippen LogP contribution in [0.25, 0.3) is 0 Å². The van der Waals surface area contributed by atoms with Crippen LogP contribution in [0.2, 0.25) is 0 Å². The molecule has 0 fully saturated rings. The first-order chi connectivity index (χ1) is 9.49. The second-order valence-electron chi connectivity index (χ2n) is 4.54. The largest absolute Gasteiger partial charge is 0.348 e. The van der Waals surface area contributed by atoms with Gasteiger partial charge in [0.2, 0.25) is 5.91 Å². The van der Waals surface area contributed by atoms with Gasteiger partial charge in [0.25, 0.3) is 0 Å². The quantitative estimate of drug-likeness (QED) is 0.917. The van der Waals surface area contributed by atoms with Gasteiger partial charge in [0.15, 0.2) is 0 Å². The van der Waals surface area contributed by atoms with Crippen LogP contribution in [0.3, 0.4) is 0 Å². The molecule has 0 saturated heterocycles. The number of carbonyl (C=O) groups excluding carboxylic acids is 1. The van der Waals surface area contributed by atoms with E-state index in [0.29, 0.717) is 0 Å². The molecule has 106 valence electrons. The van der Waals surface area contributed by atoms with Crippen molar-refractivity contribution in [3.8, 4) is 0 Å². The number of carbonyl (C=O) groups is 1. The maximum atomic E-state index is 12.0. The first-order valence-corrected chi connectivity index (χ1v) is 7.85. The summed E-state index contributed by atoms with van der Waals surface area (Å²) >= 11 is 4.58. The molecule has 0 saturated carbocycles. The van der Waals surface area contributed by atoms with Crippen LogP contribution in [-0.4, -0.2) is 10.5 Å². The van der Waals surface area contributed by atoms with Gasteiger partial charge in [-0.25, -0.2) is 0 Å². The monoisotopic (exact) mass is 354 g/mol. The number of thiazole rings is 1. The lowest BCUT2D eigenvalue weighted by Gasteiger charge is -2.16. The number of halogens is 1. The molecule has 0 aliphatic heterocycles. The number of amides is 1. The van der Waals surface area contributed by atoms with E-state index in [1.165, 1.54) is 4.57 Å². The fourth-order valence-electron chi connectivity index (χ4n) is 1.93. The minimum absolute atomic E-state index is 0.0585. The molecule has 2 rings (SSSR count). The number of hydrogen-bond acceptors (Lipinski definition) is 3. The molecule has 0 aliphatic rings. The van der Waals surface area contributed by atoms with Crippen LogP contribution in [0.15, 0.2) is 38.9 Å². The third-order valence-electron chi connectivity index (χ3n) is 3.03. The summed E-state index contributed by atoms with van der Waals surface area (Å²) in [6.45, 7) is 3.80. The third-order valence-corrected chi connectivity index (χ3v) is 4.63. The summed E-state index contributed by atoms with van der Waals surface area (Å²) in [6, 6.07) is 7.63. The van der Waals surface area contributed by atoms with Gasteiger partial charge in [-0.15, -0.1) is 0 Å². The van der Waals surface area contributed by atoms with Gasteiger partial charge in [-0.05, 0) is 25.5 Å². The second-order valence-corrected chi connectivity index (χ2v) is 6.21. The minimum atomic E-state index is -0.170. The maximum Gasteiger partial charge on any atom is 0.307 e. The third kappa shape index (κ3) is 3.37. The van der Waals surface area contributed by atoms with Crippen LogP contribution in [-0.2, 0) is 11.3 Å². The standard InChI is InChI=1S/C14H15BrN2O2S/c1-9-8-20-14(19)17(9)7-13(18)16-10(2)11-5-3-4-6-12(11)15/h3-6,8,10H,7H2,1-2H3,(H,16,18). The van der Waals surface area contributed by atoms with Gasteiger partial charge in [0.1, 0.15) is 6.54 Å². The molecule has 1 unspecified atom stereocenters. The first kappa shape index (κ1) is 15.0. The van der Waals surface area contributed by atoms with Gasteiger partial charge < -0.3 is 5.32 Å². The Morgan fingerprint density at radius 2 is 2.15 bits per heavy atom. The fraction of sp³-hybridized carbons (Fsp3) is 0.286. The first-order valence-electron chi connectivity index (χ1n) is 6.17. The van der Waals surface area contributed by atoms with Crippen molar-refractivity contribution >= 4 is 33.2 Å². The van der Waals surface area contributed by atoms with Crippen LogP contribution in [0, 0.1) is 6.92 Å². The predicted octanol–water partition coefficient (Wildman–Crippen LogP) is 2.86. The van der Waals surface area contributed by atoms with E-state index < -0.39 is 0 Å². The van der Waals surface area contributed by atoms with Crippen molar-refractivity contribution in [1.82, 2.24) is 9.88 Å². The van der Waals surface area contributed by atoms with Crippen molar-refractivity contribution in [2.75, 3.05) is 0 Å². The molecule has 0 spiro atoms. The molecule has 1 N–H and O–H groups in total. The fourth-order valence-corrected chi connectivity index (χ4v) is 3.29. The Bertz CT molecular complexity index is 678. The van der Waals surface area contributed by atoms with Crippen LogP contribution in [0.1, 0.15) is 24.2 Å². The van der Waals surface area contributed by atoms with E-state index in [-0.39, 0.29) is 23.4 Å². The smallest absolute Gasteiger partial charge is 0.307 e. The number of aromatic nitrogens is 1. The number of nitrogens with one attached hydrogen (secondary N) is 1. The Kier molecular flexibility index (Phi) is 4.77. The van der Waals surface area contributed by atoms with E-state index in [4.69, 9.17) is 0 Å². The van der Waals surface area contributed by atoms with Gasteiger partial charge >= 0.3 is 4.87 Å². The van der Waals surface area contributed by atoms with Crippen LogP contribution in [0.5, 0.6) is 0 Å². The number of aryl methyl sites for hydroxylation is 1. The van der Waals surface area contributed by atoms with E-state index >= 15 is 0 Å². The van der Waals surface area contributed by atoms with Gasteiger partial charge in [-0.2, -0.15) is 0 Å². The molecular weight excluding hydrogens is 340 g/mol. The van der Waals surface area contributed by atoms with Crippen molar-refractivity contribution in [2.24, 2.45) is 0 Å². The van der Waals surface area contributed by atoms with Crippen molar-refractivity contribution in [3.05, 3.63) is 55.0 Å². The lowest BCUT2D eigenvalue weighted by molar-refractivity contribution is -0.122. The Morgan fingerprint density at radius 3 is 2.75 bits per heavy atom. The van der Waals surface area contributed by atoms with E-state index in [9.17, 15) is 9.59 Å². The van der Waals surface area contributed by atoms with Crippen LogP contribution in [0.4, 0.5) is 0 Å². The summed E-state index contributed by atoms with van der Waals surface area (Å²) in [7, 11) is 0. The molecule has 1 aromatic heterocycles. The summed E-state index contributed by atoms with van der Waals surface area (Å²) in [4.78, 5) is 23.5. The number of hydrogen-bond donors (Lipinski definition) is 1. The molecule has 1 aromatic carbocycles. The minimum Gasteiger partial charge on any atom is -0.348 e. The molecule has 1 heterocycles. The Labute approximate surface area is 129 Å². The molecule has 20 heavy (non-hydrogen) atoms. The van der Waals surface area contributed by atoms with Gasteiger partial charge in [0.05, 0.1) is 6.04 Å². The van der Waals surface area contributed by atoms with Crippen molar-refractivity contribution in [1.29, 1.82) is 0 Å². The molecule has 1 amide bonds. The highest BCUT2D eigenvalue weighted by Crippen LogP contribution is 2.22. The van der Waals surface area contributed by atoms with Crippen LogP contribution >= 0.6 is 27.3 Å². The van der Waals surface area contributed by atoms with Crippen molar-refractivity contribution in [2.45, 2.75) is 26.4 Å². The lowest BCUT2D eigenvalue weighted by atomic mass is 10.1. The van der Waals surface area contributed by atoms with Gasteiger partial charge in [0, 0.05) is 15.5 Å². The molecule has 0 aliphatic carbocycles. The SMILES string of the molecule is Cc1csc(=O)n1CC(=O)NC(C)c1ccccc1Br. The van der Waals surface area contributed by atoms with Crippen molar-refractivity contribution < 1.29 is 4.79 Å². The summed E-state index contributed by atoms with van der Waals surface area (Å²) in [5, 5.41) is 4.66. The maximum absolute atomic E-state index is 12.0. The highest BCUT2D eigenvalue weighted by Gasteiger charge is 2.13. The molecule has 1 atom stereocenters. The molecule has 0 radical (unpaired) electrons. The Hall–Kier alpha value is -1.40. The zero-order chi connectivity index (χ0) is 14.7. The zero-order valence-electron chi connectivity index (χ0n) is 11.2. The number of benzene rings is 1. The average molecular weight is 355 g/mol. The van der Waals surface area contributed by atoms with Gasteiger partial charge in [-0.3, -0.25) is 14.2 Å². The van der Waals surface area contributed by atoms with Crippen molar-refractivity contribution in [3.63, 3.8) is 0 Å². The lowest BCUT2D eigenvalue weighted by Crippen LogP contribution is -2.33. The van der Waals surface area contributed by atoms with Gasteiger partial charge in [-0.1, -0.05) is 45.5 Å².